The van der Waals surface area contributed by atoms with Gasteiger partial charge in [0.2, 0.25) is 0 Å². The van der Waals surface area contributed by atoms with Gasteiger partial charge in [0.1, 0.15) is 0 Å². The van der Waals surface area contributed by atoms with Crippen LogP contribution >= 0.6 is 0 Å². The highest BCUT2D eigenvalue weighted by Crippen LogP contribution is 2.24. The first-order valence-corrected chi connectivity index (χ1v) is 8.55. The highest BCUT2D eigenvalue weighted by molar-refractivity contribution is 5.46. The van der Waals surface area contributed by atoms with Crippen LogP contribution in [0.3, 0.4) is 0 Å². The number of para-hydroxylation sites is 1. The van der Waals surface area contributed by atoms with E-state index in [1.807, 2.05) is 58.0 Å². The van der Waals surface area contributed by atoms with E-state index >= 15 is 0 Å². The molecule has 2 aromatic carbocycles. The normalized spacial score (nSPS) is 11.4. The second-order valence-electron chi connectivity index (χ2n) is 4.76. The minimum atomic E-state index is -4.62. The van der Waals surface area contributed by atoms with Crippen molar-refractivity contribution < 1.29 is 18.3 Å². The molecule has 0 aliphatic carbocycles. The van der Waals surface area contributed by atoms with E-state index in [1.54, 1.807) is 30.3 Å². The summed E-state index contributed by atoms with van der Waals surface area (Å²) in [6, 6.07) is 18.0. The SMILES string of the molecule is CC.CC.O[C@@H](CN(Cc1ccccc1)c1ccccc1)C(F)(F)F. The molecule has 2 nitrogen and oxygen atoms in total. The lowest BCUT2D eigenvalue weighted by atomic mass is 10.1. The Kier molecular flexibility index (Phi) is 11.4. The van der Waals surface area contributed by atoms with E-state index in [0.29, 0.717) is 12.2 Å². The van der Waals surface area contributed by atoms with Crippen molar-refractivity contribution in [1.29, 1.82) is 0 Å². The Morgan fingerprint density at radius 2 is 1.28 bits per heavy atom. The molecule has 0 saturated heterocycles. The number of hydrogen-bond donors (Lipinski definition) is 1. The van der Waals surface area contributed by atoms with Gasteiger partial charge in [-0.05, 0) is 17.7 Å². The van der Waals surface area contributed by atoms with Crippen LogP contribution in [-0.4, -0.2) is 23.9 Å². The van der Waals surface area contributed by atoms with Gasteiger partial charge in [0.05, 0.1) is 6.54 Å². The summed E-state index contributed by atoms with van der Waals surface area (Å²) in [7, 11) is 0. The third-order valence-corrected chi connectivity index (χ3v) is 3.11. The van der Waals surface area contributed by atoms with Crippen LogP contribution in [0.4, 0.5) is 18.9 Å². The van der Waals surface area contributed by atoms with Crippen molar-refractivity contribution in [2.45, 2.75) is 46.5 Å². The van der Waals surface area contributed by atoms with Crippen molar-refractivity contribution in [2.24, 2.45) is 0 Å². The highest BCUT2D eigenvalue weighted by atomic mass is 19.4. The summed E-state index contributed by atoms with van der Waals surface area (Å²) in [4.78, 5) is 1.52. The summed E-state index contributed by atoms with van der Waals surface area (Å²) < 4.78 is 37.8. The van der Waals surface area contributed by atoms with Crippen molar-refractivity contribution in [3.8, 4) is 0 Å². The molecule has 5 heteroatoms. The molecule has 0 unspecified atom stereocenters. The van der Waals surface area contributed by atoms with Crippen LogP contribution in [0.2, 0.25) is 0 Å². The molecule has 0 aromatic heterocycles. The predicted octanol–water partition coefficient (Wildman–Crippen LogP) is 5.67. The molecule has 0 spiro atoms. The summed E-state index contributed by atoms with van der Waals surface area (Å²) in [5.74, 6) is 0. The Balaban J connectivity index is 0.00000134. The van der Waals surface area contributed by atoms with E-state index in [-0.39, 0.29) is 0 Å². The monoisotopic (exact) mass is 355 g/mol. The summed E-state index contributed by atoms with van der Waals surface area (Å²) in [5, 5.41) is 9.33. The minimum Gasteiger partial charge on any atom is -0.382 e. The molecule has 0 bridgehead atoms. The quantitative estimate of drug-likeness (QED) is 0.747. The number of halogens is 3. The Morgan fingerprint density at radius 1 is 0.840 bits per heavy atom. The van der Waals surface area contributed by atoms with Gasteiger partial charge in [-0.1, -0.05) is 76.2 Å². The van der Waals surface area contributed by atoms with Gasteiger partial charge in [-0.2, -0.15) is 13.2 Å². The lowest BCUT2D eigenvalue weighted by Crippen LogP contribution is -2.40. The fourth-order valence-electron chi connectivity index (χ4n) is 2.02. The molecule has 0 amide bonds. The maximum absolute atomic E-state index is 12.6. The molecule has 0 aliphatic rings. The van der Waals surface area contributed by atoms with E-state index < -0.39 is 18.8 Å². The van der Waals surface area contributed by atoms with E-state index in [0.717, 1.165) is 5.56 Å². The fourth-order valence-corrected chi connectivity index (χ4v) is 2.02. The molecule has 0 aliphatic heterocycles. The summed E-state index contributed by atoms with van der Waals surface area (Å²) >= 11 is 0. The van der Waals surface area contributed by atoms with Crippen LogP contribution in [-0.2, 0) is 6.54 Å². The van der Waals surface area contributed by atoms with Gasteiger partial charge in [0.25, 0.3) is 0 Å². The van der Waals surface area contributed by atoms with E-state index in [2.05, 4.69) is 0 Å². The van der Waals surface area contributed by atoms with Crippen molar-refractivity contribution in [1.82, 2.24) is 0 Å². The number of nitrogens with zero attached hydrogens (tertiary/aromatic N) is 1. The van der Waals surface area contributed by atoms with Gasteiger partial charge in [-0.15, -0.1) is 0 Å². The van der Waals surface area contributed by atoms with Crippen LogP contribution in [0.1, 0.15) is 33.3 Å². The van der Waals surface area contributed by atoms with Crippen molar-refractivity contribution in [3.63, 3.8) is 0 Å². The lowest BCUT2D eigenvalue weighted by molar-refractivity contribution is -0.200. The standard InChI is InChI=1S/C16H16F3NO.2C2H6/c17-16(18,19)15(21)12-20(14-9-5-2-6-10-14)11-13-7-3-1-4-8-13;2*1-2/h1-10,15,21H,11-12H2;2*1-2H3/t15-;;/m0../s1. The second kappa shape index (κ2) is 12.4. The second-order valence-corrected chi connectivity index (χ2v) is 4.76. The van der Waals surface area contributed by atoms with E-state index in [1.165, 1.54) is 4.90 Å². The highest BCUT2D eigenvalue weighted by Gasteiger charge is 2.39. The average Bonchev–Trinajstić information content (AvgIpc) is 2.65. The Hall–Kier alpha value is -2.01. The smallest absolute Gasteiger partial charge is 0.382 e. The molecular formula is C20H28F3NO. The summed E-state index contributed by atoms with van der Waals surface area (Å²) in [6.07, 6.45) is -6.99. The zero-order valence-electron chi connectivity index (χ0n) is 15.3. The number of benzene rings is 2. The van der Waals surface area contributed by atoms with Crippen LogP contribution in [0, 0.1) is 0 Å². The van der Waals surface area contributed by atoms with Crippen LogP contribution in [0.15, 0.2) is 60.7 Å². The van der Waals surface area contributed by atoms with Crippen LogP contribution in [0.25, 0.3) is 0 Å². The topological polar surface area (TPSA) is 23.5 Å². The third-order valence-electron chi connectivity index (χ3n) is 3.11. The van der Waals surface area contributed by atoms with Gasteiger partial charge in [0, 0.05) is 12.2 Å². The Bertz CT molecular complexity index is 544. The number of rotatable bonds is 5. The van der Waals surface area contributed by atoms with Gasteiger partial charge in [0.15, 0.2) is 6.10 Å². The molecule has 2 rings (SSSR count). The van der Waals surface area contributed by atoms with Gasteiger partial charge < -0.3 is 10.0 Å². The Labute approximate surface area is 148 Å². The van der Waals surface area contributed by atoms with Gasteiger partial charge in [-0.3, -0.25) is 0 Å². The molecule has 2 aromatic rings. The summed E-state index contributed by atoms with van der Waals surface area (Å²) in [5.41, 5.74) is 1.53. The van der Waals surface area contributed by atoms with Gasteiger partial charge >= 0.3 is 6.18 Å². The molecule has 0 fully saturated rings. The molecule has 1 N–H and O–H groups in total. The molecule has 25 heavy (non-hydrogen) atoms. The number of aliphatic hydroxyl groups is 1. The van der Waals surface area contributed by atoms with Crippen molar-refractivity contribution in [2.75, 3.05) is 11.4 Å². The van der Waals surface area contributed by atoms with Crippen LogP contribution < -0.4 is 4.90 Å². The van der Waals surface area contributed by atoms with Gasteiger partial charge in [-0.25, -0.2) is 0 Å². The zero-order valence-corrected chi connectivity index (χ0v) is 15.3. The Morgan fingerprint density at radius 3 is 1.72 bits per heavy atom. The lowest BCUT2D eigenvalue weighted by Gasteiger charge is -2.28. The number of hydrogen-bond acceptors (Lipinski definition) is 2. The molecular weight excluding hydrogens is 327 g/mol. The minimum absolute atomic E-state index is 0.304. The number of anilines is 1. The van der Waals surface area contributed by atoms with Crippen molar-refractivity contribution >= 4 is 5.69 Å². The fraction of sp³-hybridized carbons (Fsp3) is 0.400. The first-order valence-electron chi connectivity index (χ1n) is 8.55. The molecule has 0 heterocycles. The maximum atomic E-state index is 12.6. The average molecular weight is 355 g/mol. The predicted molar refractivity (Wildman–Crippen MR) is 98.7 cm³/mol. The largest absolute Gasteiger partial charge is 0.416 e. The number of aliphatic hydroxyl groups excluding tert-OH is 1. The maximum Gasteiger partial charge on any atom is 0.416 e. The molecule has 0 radical (unpaired) electrons. The molecule has 0 saturated carbocycles. The van der Waals surface area contributed by atoms with E-state index in [9.17, 15) is 18.3 Å². The molecule has 1 atom stereocenters. The summed E-state index contributed by atoms with van der Waals surface area (Å²) in [6.45, 7) is 7.81. The van der Waals surface area contributed by atoms with Crippen LogP contribution in [0.5, 0.6) is 0 Å². The molecule has 140 valence electrons. The zero-order chi connectivity index (χ0) is 19.3. The van der Waals surface area contributed by atoms with E-state index in [4.69, 9.17) is 0 Å². The number of alkyl halides is 3. The third kappa shape index (κ3) is 8.59. The van der Waals surface area contributed by atoms with Crippen molar-refractivity contribution in [3.05, 3.63) is 66.2 Å². The first kappa shape index (κ1) is 23.0. The first-order chi connectivity index (χ1) is 12.0.